The molecule has 0 atom stereocenters. The molecule has 1 heterocycles. The number of fused-ring (bicyclic) bond motifs is 1. The van der Waals surface area contributed by atoms with E-state index in [1.807, 2.05) is 28.8 Å². The third kappa shape index (κ3) is 3.68. The lowest BCUT2D eigenvalue weighted by atomic mass is 10.3. The predicted octanol–water partition coefficient (Wildman–Crippen LogP) is 3.43. The summed E-state index contributed by atoms with van der Waals surface area (Å²) in [6, 6.07) is 13.8. The number of nitrogens with zero attached hydrogens (tertiary/aromatic N) is 2. The third-order valence-electron chi connectivity index (χ3n) is 3.35. The number of rotatable bonds is 7. The van der Waals surface area contributed by atoms with Gasteiger partial charge in [0.2, 0.25) is 0 Å². The van der Waals surface area contributed by atoms with Gasteiger partial charge in [0.25, 0.3) is 0 Å². The maximum atomic E-state index is 13.6. The largest absolute Gasteiger partial charge is 0.489 e. The highest BCUT2D eigenvalue weighted by molar-refractivity contribution is 7.99. The number of aromatic nitrogens is 2. The van der Waals surface area contributed by atoms with E-state index in [9.17, 15) is 9.18 Å². The van der Waals surface area contributed by atoms with Gasteiger partial charge in [0.1, 0.15) is 6.61 Å². The summed E-state index contributed by atoms with van der Waals surface area (Å²) < 4.78 is 21.0. The number of thioether (sulfide) groups is 1. The van der Waals surface area contributed by atoms with E-state index in [4.69, 9.17) is 9.84 Å². The Bertz CT molecular complexity index is 866. The molecule has 0 unspecified atom stereocenters. The molecule has 0 saturated heterocycles. The third-order valence-corrected chi connectivity index (χ3v) is 4.31. The van der Waals surface area contributed by atoms with E-state index in [1.165, 1.54) is 6.07 Å². The van der Waals surface area contributed by atoms with Crippen LogP contribution in [0.1, 0.15) is 0 Å². The van der Waals surface area contributed by atoms with Gasteiger partial charge in [0, 0.05) is 0 Å². The standard InChI is InChI=1S/C17H15FN2O3S/c18-12-5-1-4-8-15(12)23-10-9-20-14-7-3-2-6-13(14)19-17(20)24-11-16(21)22/h1-8H,9-11H2,(H,21,22). The number of benzene rings is 2. The quantitative estimate of drug-likeness (QED) is 0.664. The van der Waals surface area contributed by atoms with E-state index in [0.29, 0.717) is 11.7 Å². The van der Waals surface area contributed by atoms with Crippen molar-refractivity contribution in [3.63, 3.8) is 0 Å². The molecular weight excluding hydrogens is 331 g/mol. The fourth-order valence-corrected chi connectivity index (χ4v) is 3.08. The van der Waals surface area contributed by atoms with Crippen molar-refractivity contribution in [2.24, 2.45) is 0 Å². The molecule has 3 aromatic rings. The van der Waals surface area contributed by atoms with Crippen LogP contribution in [-0.4, -0.2) is 33.0 Å². The van der Waals surface area contributed by atoms with E-state index < -0.39 is 11.8 Å². The minimum absolute atomic E-state index is 0.0719. The van der Waals surface area contributed by atoms with Crippen molar-refractivity contribution >= 4 is 28.8 Å². The van der Waals surface area contributed by atoms with Gasteiger partial charge in [-0.25, -0.2) is 9.37 Å². The summed E-state index contributed by atoms with van der Waals surface area (Å²) in [5.41, 5.74) is 1.68. The van der Waals surface area contributed by atoms with E-state index in [2.05, 4.69) is 4.98 Å². The lowest BCUT2D eigenvalue weighted by Gasteiger charge is -2.10. The van der Waals surface area contributed by atoms with E-state index in [-0.39, 0.29) is 18.1 Å². The van der Waals surface area contributed by atoms with Crippen molar-refractivity contribution in [2.75, 3.05) is 12.4 Å². The molecule has 1 N–H and O–H groups in total. The summed E-state index contributed by atoms with van der Waals surface area (Å²) in [7, 11) is 0. The van der Waals surface area contributed by atoms with Crippen molar-refractivity contribution in [1.82, 2.24) is 9.55 Å². The first-order valence-electron chi connectivity index (χ1n) is 7.32. The number of hydrogen-bond donors (Lipinski definition) is 1. The Morgan fingerprint density at radius 3 is 2.75 bits per heavy atom. The van der Waals surface area contributed by atoms with Crippen LogP contribution in [0.15, 0.2) is 53.7 Å². The zero-order chi connectivity index (χ0) is 16.9. The first-order chi connectivity index (χ1) is 11.6. The molecule has 0 saturated carbocycles. The molecular formula is C17H15FN2O3S. The van der Waals surface area contributed by atoms with Gasteiger partial charge in [-0.05, 0) is 24.3 Å². The van der Waals surface area contributed by atoms with Crippen LogP contribution in [0, 0.1) is 5.82 Å². The zero-order valence-corrected chi connectivity index (χ0v) is 13.5. The number of imidazole rings is 1. The average molecular weight is 346 g/mol. The van der Waals surface area contributed by atoms with E-state index in [0.717, 1.165) is 22.8 Å². The Morgan fingerprint density at radius 2 is 1.96 bits per heavy atom. The summed E-state index contributed by atoms with van der Waals surface area (Å²) in [6.07, 6.45) is 0. The molecule has 0 aliphatic rings. The molecule has 0 fully saturated rings. The Balaban J connectivity index is 1.78. The molecule has 3 rings (SSSR count). The van der Waals surface area contributed by atoms with Crippen molar-refractivity contribution in [3.8, 4) is 5.75 Å². The number of ether oxygens (including phenoxy) is 1. The number of hydrogen-bond acceptors (Lipinski definition) is 4. The molecule has 2 aromatic carbocycles. The average Bonchev–Trinajstić information content (AvgIpc) is 2.93. The van der Waals surface area contributed by atoms with Crippen LogP contribution in [0.2, 0.25) is 0 Å². The number of halogens is 1. The Morgan fingerprint density at radius 1 is 1.21 bits per heavy atom. The molecule has 0 bridgehead atoms. The maximum absolute atomic E-state index is 13.6. The summed E-state index contributed by atoms with van der Waals surface area (Å²) in [6.45, 7) is 0.693. The van der Waals surface area contributed by atoms with Gasteiger partial charge < -0.3 is 14.4 Å². The first kappa shape index (κ1) is 16.3. The van der Waals surface area contributed by atoms with Gasteiger partial charge in [0.05, 0.1) is 23.3 Å². The lowest BCUT2D eigenvalue weighted by Crippen LogP contribution is -2.10. The van der Waals surface area contributed by atoms with Crippen LogP contribution in [0.4, 0.5) is 4.39 Å². The number of carboxylic acid groups (broad SMARTS) is 1. The molecule has 7 heteroatoms. The fourth-order valence-electron chi connectivity index (χ4n) is 2.31. The molecule has 0 aliphatic heterocycles. The van der Waals surface area contributed by atoms with Crippen LogP contribution in [0.25, 0.3) is 11.0 Å². The second-order valence-electron chi connectivity index (χ2n) is 5.00. The molecule has 0 amide bonds. The Kier molecular flexibility index (Phi) is 5.00. The van der Waals surface area contributed by atoms with Crippen molar-refractivity contribution < 1.29 is 19.0 Å². The monoisotopic (exact) mass is 346 g/mol. The highest BCUT2D eigenvalue weighted by Gasteiger charge is 2.12. The molecule has 0 spiro atoms. The normalized spacial score (nSPS) is 10.9. The van der Waals surface area contributed by atoms with Crippen LogP contribution >= 0.6 is 11.8 Å². The van der Waals surface area contributed by atoms with Crippen molar-refractivity contribution in [3.05, 3.63) is 54.3 Å². The molecule has 124 valence electrons. The number of para-hydroxylation sites is 3. The maximum Gasteiger partial charge on any atom is 0.313 e. The predicted molar refractivity (Wildman–Crippen MR) is 90.0 cm³/mol. The zero-order valence-electron chi connectivity index (χ0n) is 12.7. The fraction of sp³-hybridized carbons (Fsp3) is 0.176. The Hall–Kier alpha value is -2.54. The van der Waals surface area contributed by atoms with Gasteiger partial charge in [0.15, 0.2) is 16.7 Å². The first-order valence-corrected chi connectivity index (χ1v) is 8.31. The molecule has 5 nitrogen and oxygen atoms in total. The molecule has 0 radical (unpaired) electrons. The second-order valence-corrected chi connectivity index (χ2v) is 5.94. The number of carboxylic acids is 1. The van der Waals surface area contributed by atoms with Crippen molar-refractivity contribution in [2.45, 2.75) is 11.7 Å². The summed E-state index contributed by atoms with van der Waals surface area (Å²) in [5, 5.41) is 9.48. The highest BCUT2D eigenvalue weighted by atomic mass is 32.2. The number of carbonyl (C=O) groups is 1. The van der Waals surface area contributed by atoms with Gasteiger partial charge in [-0.3, -0.25) is 4.79 Å². The minimum atomic E-state index is -0.902. The van der Waals surface area contributed by atoms with Gasteiger partial charge >= 0.3 is 5.97 Å². The Labute approximate surface area is 142 Å². The summed E-state index contributed by atoms with van der Waals surface area (Å²) >= 11 is 1.15. The minimum Gasteiger partial charge on any atom is -0.489 e. The smallest absolute Gasteiger partial charge is 0.313 e. The summed E-state index contributed by atoms with van der Waals surface area (Å²) in [5.74, 6) is -1.19. The van der Waals surface area contributed by atoms with E-state index in [1.54, 1.807) is 18.2 Å². The van der Waals surface area contributed by atoms with Crippen molar-refractivity contribution in [1.29, 1.82) is 0 Å². The molecule has 1 aromatic heterocycles. The topological polar surface area (TPSA) is 64.3 Å². The van der Waals surface area contributed by atoms with Gasteiger partial charge in [-0.2, -0.15) is 0 Å². The van der Waals surface area contributed by atoms with Gasteiger partial charge in [-0.15, -0.1) is 0 Å². The van der Waals surface area contributed by atoms with Crippen LogP contribution in [0.5, 0.6) is 5.75 Å². The SMILES string of the molecule is O=C(O)CSc1nc2ccccc2n1CCOc1ccccc1F. The van der Waals surface area contributed by atoms with E-state index >= 15 is 0 Å². The van der Waals surface area contributed by atoms with Gasteiger partial charge in [-0.1, -0.05) is 36.0 Å². The molecule has 24 heavy (non-hydrogen) atoms. The van der Waals surface area contributed by atoms with Crippen LogP contribution in [-0.2, 0) is 11.3 Å². The lowest BCUT2D eigenvalue weighted by molar-refractivity contribution is -0.133. The highest BCUT2D eigenvalue weighted by Crippen LogP contribution is 2.24. The summed E-state index contributed by atoms with van der Waals surface area (Å²) in [4.78, 5) is 15.3. The molecule has 0 aliphatic carbocycles. The van der Waals surface area contributed by atoms with Crippen LogP contribution in [0.3, 0.4) is 0 Å². The second kappa shape index (κ2) is 7.35. The number of aliphatic carboxylic acids is 1. The van der Waals surface area contributed by atoms with Crippen LogP contribution < -0.4 is 4.74 Å².